The molecular formula is C20H26N2O3. The Morgan fingerprint density at radius 2 is 1.96 bits per heavy atom. The van der Waals surface area contributed by atoms with Crippen molar-refractivity contribution in [2.45, 2.75) is 64.9 Å². The lowest BCUT2D eigenvalue weighted by Crippen LogP contribution is -2.17. The van der Waals surface area contributed by atoms with Crippen LogP contribution in [-0.4, -0.2) is 22.2 Å². The highest BCUT2D eigenvalue weighted by atomic mass is 16.5. The van der Waals surface area contributed by atoms with Crippen LogP contribution in [0.2, 0.25) is 0 Å². The maximum absolute atomic E-state index is 11.6. The number of carbonyl (C=O) groups is 1. The van der Waals surface area contributed by atoms with Crippen molar-refractivity contribution in [3.63, 3.8) is 0 Å². The number of carboxylic acid groups (broad SMARTS) is 1. The zero-order valence-corrected chi connectivity index (χ0v) is 15.0. The average molecular weight is 342 g/mol. The van der Waals surface area contributed by atoms with Crippen LogP contribution in [0, 0.1) is 6.92 Å². The third-order valence-corrected chi connectivity index (χ3v) is 5.09. The van der Waals surface area contributed by atoms with E-state index < -0.39 is 5.97 Å². The Hall–Kier alpha value is -2.30. The van der Waals surface area contributed by atoms with Crippen molar-refractivity contribution >= 4 is 22.6 Å². The summed E-state index contributed by atoms with van der Waals surface area (Å²) in [5.41, 5.74) is 8.79. The average Bonchev–Trinajstić information content (AvgIpc) is 2.83. The second-order valence-electron chi connectivity index (χ2n) is 6.82. The number of nitrogen functional groups attached to an aromatic ring is 1. The standard InChI is InChI=1S/C20H26N2O3/c1-3-13-10-11-15-17(18(21)16(20(23)24)12(2)22-15)19(13)25-14-8-6-4-5-7-9-14/h10-11,14H,3-9H2,1-2H3,(H2,21,22)(H,23,24). The first-order valence-corrected chi connectivity index (χ1v) is 9.14. The number of fused-ring (bicyclic) bond motifs is 1. The number of hydrogen-bond donors (Lipinski definition) is 2. The van der Waals surface area contributed by atoms with Gasteiger partial charge in [-0.1, -0.05) is 25.8 Å². The van der Waals surface area contributed by atoms with E-state index in [9.17, 15) is 9.90 Å². The van der Waals surface area contributed by atoms with Gasteiger partial charge in [0.1, 0.15) is 11.3 Å². The molecule has 1 aromatic heterocycles. The van der Waals surface area contributed by atoms with Crippen LogP contribution in [0.5, 0.6) is 5.75 Å². The van der Waals surface area contributed by atoms with Crippen molar-refractivity contribution in [1.29, 1.82) is 0 Å². The molecule has 1 fully saturated rings. The molecule has 1 heterocycles. The van der Waals surface area contributed by atoms with Crippen LogP contribution in [0.4, 0.5) is 5.69 Å². The summed E-state index contributed by atoms with van der Waals surface area (Å²) in [6, 6.07) is 3.92. The molecular weight excluding hydrogens is 316 g/mol. The quantitative estimate of drug-likeness (QED) is 0.800. The highest BCUT2D eigenvalue weighted by Crippen LogP contribution is 2.38. The maximum atomic E-state index is 11.6. The molecule has 2 aromatic rings. The molecule has 3 rings (SSSR count). The lowest BCUT2D eigenvalue weighted by Gasteiger charge is -2.22. The smallest absolute Gasteiger partial charge is 0.339 e. The molecule has 1 saturated carbocycles. The summed E-state index contributed by atoms with van der Waals surface area (Å²) in [4.78, 5) is 16.1. The Morgan fingerprint density at radius 3 is 2.56 bits per heavy atom. The van der Waals surface area contributed by atoms with Crippen LogP contribution in [0.3, 0.4) is 0 Å². The molecule has 3 N–H and O–H groups in total. The van der Waals surface area contributed by atoms with Crippen molar-refractivity contribution in [3.8, 4) is 5.75 Å². The number of pyridine rings is 1. The molecule has 0 amide bonds. The number of aromatic nitrogens is 1. The Kier molecular flexibility index (Phi) is 5.11. The van der Waals surface area contributed by atoms with E-state index in [1.165, 1.54) is 25.7 Å². The summed E-state index contributed by atoms with van der Waals surface area (Å²) in [7, 11) is 0. The number of benzene rings is 1. The highest BCUT2D eigenvalue weighted by molar-refractivity contribution is 6.07. The van der Waals surface area contributed by atoms with Crippen molar-refractivity contribution in [2.24, 2.45) is 0 Å². The Labute approximate surface area is 148 Å². The van der Waals surface area contributed by atoms with Crippen molar-refractivity contribution in [3.05, 3.63) is 29.0 Å². The number of aryl methyl sites for hydroxylation is 2. The number of rotatable bonds is 4. The summed E-state index contributed by atoms with van der Waals surface area (Å²) >= 11 is 0. The van der Waals surface area contributed by atoms with Gasteiger partial charge in [-0.05, 0) is 50.7 Å². The largest absolute Gasteiger partial charge is 0.489 e. The van der Waals surface area contributed by atoms with Gasteiger partial charge in [-0.3, -0.25) is 4.98 Å². The topological polar surface area (TPSA) is 85.4 Å². The van der Waals surface area contributed by atoms with Crippen LogP contribution >= 0.6 is 0 Å². The van der Waals surface area contributed by atoms with Crippen LogP contribution in [0.25, 0.3) is 10.9 Å². The third kappa shape index (κ3) is 3.41. The van der Waals surface area contributed by atoms with Crippen molar-refractivity contribution < 1.29 is 14.6 Å². The van der Waals surface area contributed by atoms with Crippen LogP contribution in [0.15, 0.2) is 12.1 Å². The van der Waals surface area contributed by atoms with Gasteiger partial charge in [0.05, 0.1) is 28.4 Å². The molecule has 25 heavy (non-hydrogen) atoms. The van der Waals surface area contributed by atoms with Crippen molar-refractivity contribution in [2.75, 3.05) is 5.73 Å². The summed E-state index contributed by atoms with van der Waals surface area (Å²) in [5.74, 6) is -0.328. The maximum Gasteiger partial charge on any atom is 0.339 e. The van der Waals surface area contributed by atoms with Gasteiger partial charge >= 0.3 is 5.97 Å². The minimum atomic E-state index is -1.05. The van der Waals surface area contributed by atoms with E-state index in [2.05, 4.69) is 11.9 Å². The number of carboxylic acids is 1. The van der Waals surface area contributed by atoms with Gasteiger partial charge in [0.15, 0.2) is 0 Å². The van der Waals surface area contributed by atoms with E-state index in [4.69, 9.17) is 10.5 Å². The van der Waals surface area contributed by atoms with Gasteiger partial charge in [0.25, 0.3) is 0 Å². The van der Waals surface area contributed by atoms with E-state index >= 15 is 0 Å². The van der Waals surface area contributed by atoms with E-state index in [1.807, 2.05) is 12.1 Å². The monoisotopic (exact) mass is 342 g/mol. The molecule has 0 unspecified atom stereocenters. The van der Waals surface area contributed by atoms with Gasteiger partial charge in [0.2, 0.25) is 0 Å². The summed E-state index contributed by atoms with van der Waals surface area (Å²) in [6.07, 6.45) is 7.87. The third-order valence-electron chi connectivity index (χ3n) is 5.09. The van der Waals surface area contributed by atoms with E-state index in [-0.39, 0.29) is 17.4 Å². The molecule has 0 bridgehead atoms. The van der Waals surface area contributed by atoms with Crippen LogP contribution in [0.1, 0.15) is 67.1 Å². The van der Waals surface area contributed by atoms with Gasteiger partial charge in [-0.25, -0.2) is 4.79 Å². The first-order chi connectivity index (χ1) is 12.0. The van der Waals surface area contributed by atoms with E-state index in [0.29, 0.717) is 16.6 Å². The minimum Gasteiger partial charge on any atom is -0.489 e. The number of hydrogen-bond acceptors (Lipinski definition) is 4. The molecule has 0 saturated heterocycles. The molecule has 0 radical (unpaired) electrons. The molecule has 5 heteroatoms. The number of nitrogens with zero attached hydrogens (tertiary/aromatic N) is 1. The van der Waals surface area contributed by atoms with Gasteiger partial charge in [0, 0.05) is 0 Å². The van der Waals surface area contributed by atoms with Gasteiger partial charge in [-0.15, -0.1) is 0 Å². The Bertz CT molecular complexity index is 793. The molecule has 1 aromatic carbocycles. The molecule has 1 aliphatic carbocycles. The molecule has 5 nitrogen and oxygen atoms in total. The Morgan fingerprint density at radius 1 is 1.28 bits per heavy atom. The molecule has 0 atom stereocenters. The molecule has 134 valence electrons. The fourth-order valence-corrected chi connectivity index (χ4v) is 3.73. The number of anilines is 1. The predicted molar refractivity (Wildman–Crippen MR) is 99.3 cm³/mol. The zero-order valence-electron chi connectivity index (χ0n) is 15.0. The molecule has 0 spiro atoms. The minimum absolute atomic E-state index is 0.0754. The van der Waals surface area contributed by atoms with Gasteiger partial charge in [-0.2, -0.15) is 0 Å². The van der Waals surface area contributed by atoms with E-state index in [0.717, 1.165) is 30.6 Å². The highest BCUT2D eigenvalue weighted by Gasteiger charge is 2.23. The molecule has 1 aliphatic rings. The zero-order chi connectivity index (χ0) is 18.0. The number of aromatic carboxylic acids is 1. The SMILES string of the molecule is CCc1ccc2nc(C)c(C(=O)O)c(N)c2c1OC1CCCCCC1. The number of ether oxygens (including phenoxy) is 1. The van der Waals surface area contributed by atoms with Crippen LogP contribution in [-0.2, 0) is 6.42 Å². The van der Waals surface area contributed by atoms with Crippen LogP contribution < -0.4 is 10.5 Å². The second-order valence-corrected chi connectivity index (χ2v) is 6.82. The molecule has 0 aliphatic heterocycles. The predicted octanol–water partition coefficient (Wildman–Crippen LogP) is 4.49. The fourth-order valence-electron chi connectivity index (χ4n) is 3.73. The fraction of sp³-hybridized carbons (Fsp3) is 0.500. The first-order valence-electron chi connectivity index (χ1n) is 9.14. The first kappa shape index (κ1) is 17.5. The second kappa shape index (κ2) is 7.30. The van der Waals surface area contributed by atoms with E-state index in [1.54, 1.807) is 6.92 Å². The Balaban J connectivity index is 2.16. The number of nitrogens with two attached hydrogens (primary N) is 1. The summed E-state index contributed by atoms with van der Waals surface area (Å²) < 4.78 is 6.41. The van der Waals surface area contributed by atoms with Crippen molar-refractivity contribution in [1.82, 2.24) is 4.98 Å². The summed E-state index contributed by atoms with van der Waals surface area (Å²) in [5, 5.41) is 10.2. The normalized spacial score (nSPS) is 15.9. The summed E-state index contributed by atoms with van der Waals surface area (Å²) in [6.45, 7) is 3.75. The van der Waals surface area contributed by atoms with Gasteiger partial charge < -0.3 is 15.6 Å². The lowest BCUT2D eigenvalue weighted by atomic mass is 10.0. The lowest BCUT2D eigenvalue weighted by molar-refractivity contribution is 0.0697.